The number of aryl methyl sites for hydroxylation is 1. The SMILES string of the molecule is CC1(C(=O)O)CCC(CCc2ccc(Br)cc2)C1(O)Cn1cncn1. The van der Waals surface area contributed by atoms with Crippen molar-refractivity contribution in [1.82, 2.24) is 14.8 Å². The Balaban J connectivity index is 1.81. The summed E-state index contributed by atoms with van der Waals surface area (Å²) in [5, 5.41) is 25.3. The summed E-state index contributed by atoms with van der Waals surface area (Å²) in [5.41, 5.74) is -1.37. The van der Waals surface area contributed by atoms with Crippen molar-refractivity contribution in [2.75, 3.05) is 0 Å². The smallest absolute Gasteiger partial charge is 0.312 e. The van der Waals surface area contributed by atoms with E-state index in [9.17, 15) is 15.0 Å². The molecule has 2 N–H and O–H groups in total. The summed E-state index contributed by atoms with van der Waals surface area (Å²) in [6.45, 7) is 1.78. The molecule has 1 aliphatic rings. The molecule has 2 aromatic rings. The third-order valence-electron chi connectivity index (χ3n) is 5.66. The maximum absolute atomic E-state index is 11.9. The first-order valence-corrected chi connectivity index (χ1v) is 9.17. The largest absolute Gasteiger partial charge is 0.481 e. The molecule has 1 aliphatic carbocycles. The molecule has 1 heterocycles. The van der Waals surface area contributed by atoms with Crippen LogP contribution in [0.1, 0.15) is 31.7 Å². The molecule has 3 rings (SSSR count). The maximum Gasteiger partial charge on any atom is 0.312 e. The number of hydrogen-bond acceptors (Lipinski definition) is 4. The fraction of sp³-hybridized carbons (Fsp3) is 0.500. The van der Waals surface area contributed by atoms with Gasteiger partial charge in [-0.1, -0.05) is 28.1 Å². The zero-order chi connectivity index (χ0) is 18.1. The van der Waals surface area contributed by atoms with Crippen LogP contribution in [-0.2, 0) is 17.8 Å². The van der Waals surface area contributed by atoms with Crippen LogP contribution in [0, 0.1) is 11.3 Å². The first kappa shape index (κ1) is 18.1. The zero-order valence-electron chi connectivity index (χ0n) is 14.1. The number of aliphatic hydroxyl groups is 1. The monoisotopic (exact) mass is 407 g/mol. The van der Waals surface area contributed by atoms with Gasteiger partial charge in [0.15, 0.2) is 0 Å². The molecule has 7 heteroatoms. The van der Waals surface area contributed by atoms with Crippen molar-refractivity contribution in [3.63, 3.8) is 0 Å². The molecule has 0 radical (unpaired) electrons. The number of aromatic nitrogens is 3. The second-order valence-corrected chi connectivity index (χ2v) is 7.97. The van der Waals surface area contributed by atoms with Crippen molar-refractivity contribution in [3.05, 3.63) is 47.0 Å². The van der Waals surface area contributed by atoms with Gasteiger partial charge in [-0.3, -0.25) is 9.48 Å². The highest BCUT2D eigenvalue weighted by Gasteiger charge is 2.61. The van der Waals surface area contributed by atoms with Gasteiger partial charge in [-0.2, -0.15) is 5.10 Å². The molecule has 3 atom stereocenters. The maximum atomic E-state index is 11.9. The third-order valence-corrected chi connectivity index (χ3v) is 6.19. The molecule has 1 aromatic carbocycles. The summed E-state index contributed by atoms with van der Waals surface area (Å²) >= 11 is 3.42. The Morgan fingerprint density at radius 2 is 2.12 bits per heavy atom. The lowest BCUT2D eigenvalue weighted by Gasteiger charge is -2.40. The van der Waals surface area contributed by atoms with Crippen LogP contribution in [0.2, 0.25) is 0 Å². The van der Waals surface area contributed by atoms with E-state index in [1.165, 1.54) is 22.9 Å². The Labute approximate surface area is 155 Å². The van der Waals surface area contributed by atoms with Crippen LogP contribution >= 0.6 is 15.9 Å². The van der Waals surface area contributed by atoms with Crippen molar-refractivity contribution < 1.29 is 15.0 Å². The lowest BCUT2D eigenvalue weighted by Crippen LogP contribution is -2.54. The van der Waals surface area contributed by atoms with Crippen LogP contribution in [-0.4, -0.2) is 36.5 Å². The Bertz CT molecular complexity index is 735. The van der Waals surface area contributed by atoms with Gasteiger partial charge in [-0.05, 0) is 56.2 Å². The highest BCUT2D eigenvalue weighted by Crippen LogP contribution is 2.52. The van der Waals surface area contributed by atoms with Crippen LogP contribution < -0.4 is 0 Å². The number of carboxylic acids is 1. The average molecular weight is 408 g/mol. The van der Waals surface area contributed by atoms with Gasteiger partial charge in [-0.15, -0.1) is 0 Å². The summed E-state index contributed by atoms with van der Waals surface area (Å²) in [4.78, 5) is 15.8. The summed E-state index contributed by atoms with van der Waals surface area (Å²) in [7, 11) is 0. The quantitative estimate of drug-likeness (QED) is 0.768. The van der Waals surface area contributed by atoms with Crippen LogP contribution in [0.5, 0.6) is 0 Å². The summed E-state index contributed by atoms with van der Waals surface area (Å²) in [5.74, 6) is -1.07. The van der Waals surface area contributed by atoms with E-state index >= 15 is 0 Å². The van der Waals surface area contributed by atoms with Gasteiger partial charge in [0.05, 0.1) is 12.0 Å². The number of rotatable bonds is 6. The first-order valence-electron chi connectivity index (χ1n) is 8.38. The van der Waals surface area contributed by atoms with E-state index in [2.05, 4.69) is 26.0 Å². The third kappa shape index (κ3) is 3.35. The Kier molecular flexibility index (Phi) is 4.97. The number of carboxylic acid groups (broad SMARTS) is 1. The Morgan fingerprint density at radius 1 is 1.40 bits per heavy atom. The van der Waals surface area contributed by atoms with Crippen molar-refractivity contribution in [1.29, 1.82) is 0 Å². The predicted molar refractivity (Wildman–Crippen MR) is 95.9 cm³/mol. The standard InChI is InChI=1S/C18H22BrN3O3/c1-17(16(23)24)9-8-14(5-2-13-3-6-15(19)7-4-13)18(17,25)10-22-12-20-11-21-22/h3-4,6-7,11-12,14,25H,2,5,8-10H2,1H3,(H,23,24). The van der Waals surface area contributed by atoms with Gasteiger partial charge in [0.25, 0.3) is 0 Å². The van der Waals surface area contributed by atoms with Gasteiger partial charge in [0.2, 0.25) is 0 Å². The molecular formula is C18H22BrN3O3. The predicted octanol–water partition coefficient (Wildman–Crippen LogP) is 2.91. The number of halogens is 1. The molecule has 0 spiro atoms. The number of nitrogens with zero attached hydrogens (tertiary/aromatic N) is 3. The highest BCUT2D eigenvalue weighted by molar-refractivity contribution is 9.10. The molecule has 134 valence electrons. The van der Waals surface area contributed by atoms with E-state index < -0.39 is 17.0 Å². The molecule has 6 nitrogen and oxygen atoms in total. The minimum atomic E-state index is -1.36. The van der Waals surface area contributed by atoms with Crippen molar-refractivity contribution >= 4 is 21.9 Å². The van der Waals surface area contributed by atoms with E-state index in [1.54, 1.807) is 6.92 Å². The van der Waals surface area contributed by atoms with Crippen molar-refractivity contribution in [2.45, 2.75) is 44.8 Å². The zero-order valence-corrected chi connectivity index (χ0v) is 15.7. The van der Waals surface area contributed by atoms with E-state index in [1.807, 2.05) is 24.3 Å². The van der Waals surface area contributed by atoms with Gasteiger partial charge < -0.3 is 10.2 Å². The Hall–Kier alpha value is -1.73. The topological polar surface area (TPSA) is 88.2 Å². The van der Waals surface area contributed by atoms with Gasteiger partial charge >= 0.3 is 5.97 Å². The molecule has 1 fully saturated rings. The number of carbonyl (C=O) groups is 1. The molecular weight excluding hydrogens is 386 g/mol. The highest BCUT2D eigenvalue weighted by atomic mass is 79.9. The second kappa shape index (κ2) is 6.88. The fourth-order valence-corrected chi connectivity index (χ4v) is 4.17. The van der Waals surface area contributed by atoms with Gasteiger partial charge in [0.1, 0.15) is 18.3 Å². The molecule has 1 saturated carbocycles. The second-order valence-electron chi connectivity index (χ2n) is 7.06. The molecule has 3 unspecified atom stereocenters. The molecule has 0 aliphatic heterocycles. The van der Waals surface area contributed by atoms with E-state index in [-0.39, 0.29) is 12.5 Å². The van der Waals surface area contributed by atoms with Crippen molar-refractivity contribution in [2.24, 2.45) is 11.3 Å². The molecule has 0 saturated heterocycles. The normalized spacial score (nSPS) is 29.0. The van der Waals surface area contributed by atoms with Gasteiger partial charge in [-0.25, -0.2) is 4.98 Å². The minimum Gasteiger partial charge on any atom is -0.481 e. The lowest BCUT2D eigenvalue weighted by atomic mass is 9.71. The summed E-state index contributed by atoms with van der Waals surface area (Å²) in [6.07, 6.45) is 5.59. The van der Waals surface area contributed by atoms with Crippen LogP contribution in [0.25, 0.3) is 0 Å². The molecule has 1 aromatic heterocycles. The number of aliphatic carboxylic acids is 1. The van der Waals surface area contributed by atoms with Crippen molar-refractivity contribution in [3.8, 4) is 0 Å². The minimum absolute atomic E-state index is 0.110. The number of hydrogen-bond donors (Lipinski definition) is 2. The van der Waals surface area contributed by atoms with Crippen LogP contribution in [0.4, 0.5) is 0 Å². The van der Waals surface area contributed by atoms with Crippen LogP contribution in [0.15, 0.2) is 41.4 Å². The fourth-order valence-electron chi connectivity index (χ4n) is 3.90. The summed E-state index contributed by atoms with van der Waals surface area (Å²) < 4.78 is 2.55. The van der Waals surface area contributed by atoms with E-state index in [0.29, 0.717) is 12.8 Å². The van der Waals surface area contributed by atoms with E-state index in [0.717, 1.165) is 17.3 Å². The lowest BCUT2D eigenvalue weighted by molar-refractivity contribution is -0.169. The van der Waals surface area contributed by atoms with E-state index in [4.69, 9.17) is 0 Å². The molecule has 0 bridgehead atoms. The summed E-state index contributed by atoms with van der Waals surface area (Å²) in [6, 6.07) is 8.08. The average Bonchev–Trinajstić information content (AvgIpc) is 3.16. The Morgan fingerprint density at radius 3 is 2.72 bits per heavy atom. The molecule has 25 heavy (non-hydrogen) atoms. The number of benzene rings is 1. The van der Waals surface area contributed by atoms with Gasteiger partial charge in [0, 0.05) is 4.47 Å². The van der Waals surface area contributed by atoms with Crippen LogP contribution in [0.3, 0.4) is 0 Å². The molecule has 0 amide bonds. The first-order chi connectivity index (χ1) is 11.8.